The van der Waals surface area contributed by atoms with Gasteiger partial charge >= 0.3 is 0 Å². The van der Waals surface area contributed by atoms with E-state index >= 15 is 0 Å². The van der Waals surface area contributed by atoms with Gasteiger partial charge in [-0.2, -0.15) is 5.26 Å². The monoisotopic (exact) mass is 191 g/mol. The van der Waals surface area contributed by atoms with Crippen LogP contribution in [0.5, 0.6) is 11.5 Å². The average molecular weight is 191 g/mol. The summed E-state index contributed by atoms with van der Waals surface area (Å²) in [5, 5.41) is 8.83. The first kappa shape index (κ1) is 10.4. The van der Waals surface area contributed by atoms with Gasteiger partial charge in [-0.15, -0.1) is 0 Å². The van der Waals surface area contributed by atoms with Crippen LogP contribution in [0.1, 0.15) is 18.4 Å². The SMILES string of the molecule is COc1ccc(OC)c(C(C)C#N)c1. The number of rotatable bonds is 3. The molecule has 1 rings (SSSR count). The smallest absolute Gasteiger partial charge is 0.123 e. The van der Waals surface area contributed by atoms with E-state index in [-0.39, 0.29) is 5.92 Å². The van der Waals surface area contributed by atoms with Crippen LogP contribution in [0.3, 0.4) is 0 Å². The summed E-state index contributed by atoms with van der Waals surface area (Å²) >= 11 is 0. The molecule has 1 aromatic carbocycles. The molecule has 0 N–H and O–H groups in total. The second-order valence-electron chi connectivity index (χ2n) is 2.96. The second-order valence-corrected chi connectivity index (χ2v) is 2.96. The van der Waals surface area contributed by atoms with Crippen molar-refractivity contribution in [2.45, 2.75) is 12.8 Å². The molecule has 0 spiro atoms. The van der Waals surface area contributed by atoms with Crippen molar-refractivity contribution in [3.63, 3.8) is 0 Å². The Morgan fingerprint density at radius 2 is 2.00 bits per heavy atom. The number of hydrogen-bond acceptors (Lipinski definition) is 3. The third-order valence-corrected chi connectivity index (χ3v) is 2.10. The van der Waals surface area contributed by atoms with Gasteiger partial charge in [0.25, 0.3) is 0 Å². The third-order valence-electron chi connectivity index (χ3n) is 2.10. The van der Waals surface area contributed by atoms with E-state index in [0.717, 1.165) is 17.1 Å². The molecular formula is C11H13NO2. The molecule has 3 heteroatoms. The number of benzene rings is 1. The Balaban J connectivity index is 3.16. The molecule has 0 fully saturated rings. The normalized spacial score (nSPS) is 11.6. The Labute approximate surface area is 83.9 Å². The van der Waals surface area contributed by atoms with E-state index in [4.69, 9.17) is 14.7 Å². The van der Waals surface area contributed by atoms with Gasteiger partial charge in [-0.3, -0.25) is 0 Å². The van der Waals surface area contributed by atoms with Gasteiger partial charge < -0.3 is 9.47 Å². The zero-order valence-corrected chi connectivity index (χ0v) is 8.57. The molecule has 0 saturated carbocycles. The largest absolute Gasteiger partial charge is 0.497 e. The molecule has 0 radical (unpaired) electrons. The molecule has 0 saturated heterocycles. The molecule has 14 heavy (non-hydrogen) atoms. The van der Waals surface area contributed by atoms with Crippen molar-refractivity contribution in [3.8, 4) is 17.6 Å². The maximum atomic E-state index is 8.83. The Kier molecular flexibility index (Phi) is 3.35. The van der Waals surface area contributed by atoms with Crippen LogP contribution in [0.25, 0.3) is 0 Å². The van der Waals surface area contributed by atoms with Crippen molar-refractivity contribution >= 4 is 0 Å². The molecule has 74 valence electrons. The predicted molar refractivity (Wildman–Crippen MR) is 53.6 cm³/mol. The summed E-state index contributed by atoms with van der Waals surface area (Å²) in [6.07, 6.45) is 0. The molecule has 3 nitrogen and oxygen atoms in total. The molecule has 0 heterocycles. The average Bonchev–Trinajstić information content (AvgIpc) is 2.27. The molecule has 1 unspecified atom stereocenters. The molecule has 0 aliphatic heterocycles. The van der Waals surface area contributed by atoms with Gasteiger partial charge in [0.15, 0.2) is 0 Å². The standard InChI is InChI=1S/C11H13NO2/c1-8(7-12)10-6-9(13-2)4-5-11(10)14-3/h4-6,8H,1-3H3. The predicted octanol–water partition coefficient (Wildman–Crippen LogP) is 2.33. The van der Waals surface area contributed by atoms with Crippen molar-refractivity contribution in [1.82, 2.24) is 0 Å². The van der Waals surface area contributed by atoms with Crippen LogP contribution >= 0.6 is 0 Å². The summed E-state index contributed by atoms with van der Waals surface area (Å²) in [6, 6.07) is 7.62. The quantitative estimate of drug-likeness (QED) is 0.736. The van der Waals surface area contributed by atoms with Gasteiger partial charge in [-0.05, 0) is 25.1 Å². The minimum Gasteiger partial charge on any atom is -0.497 e. The molecule has 0 aliphatic rings. The van der Waals surface area contributed by atoms with Crippen LogP contribution in [0, 0.1) is 11.3 Å². The van der Waals surface area contributed by atoms with Gasteiger partial charge in [-0.25, -0.2) is 0 Å². The van der Waals surface area contributed by atoms with Crippen molar-refractivity contribution in [2.75, 3.05) is 14.2 Å². The van der Waals surface area contributed by atoms with Crippen molar-refractivity contribution in [3.05, 3.63) is 23.8 Å². The van der Waals surface area contributed by atoms with E-state index in [9.17, 15) is 0 Å². The topological polar surface area (TPSA) is 42.2 Å². The van der Waals surface area contributed by atoms with Crippen molar-refractivity contribution < 1.29 is 9.47 Å². The minimum absolute atomic E-state index is 0.194. The van der Waals surface area contributed by atoms with Gasteiger partial charge in [0.2, 0.25) is 0 Å². The summed E-state index contributed by atoms with van der Waals surface area (Å²) in [7, 11) is 3.19. The fourth-order valence-electron chi connectivity index (χ4n) is 1.25. The van der Waals surface area contributed by atoms with Crippen LogP contribution in [0.4, 0.5) is 0 Å². The molecule has 0 aliphatic carbocycles. The zero-order chi connectivity index (χ0) is 10.6. The van der Waals surface area contributed by atoms with Crippen molar-refractivity contribution in [1.29, 1.82) is 5.26 Å². The van der Waals surface area contributed by atoms with E-state index in [1.54, 1.807) is 14.2 Å². The number of nitrogens with zero attached hydrogens (tertiary/aromatic N) is 1. The maximum Gasteiger partial charge on any atom is 0.123 e. The Hall–Kier alpha value is -1.69. The Morgan fingerprint density at radius 1 is 1.29 bits per heavy atom. The van der Waals surface area contributed by atoms with Gasteiger partial charge in [-0.1, -0.05) is 0 Å². The first-order valence-electron chi connectivity index (χ1n) is 4.34. The molecule has 1 aromatic rings. The number of nitriles is 1. The summed E-state index contributed by atoms with van der Waals surface area (Å²) in [6.45, 7) is 1.83. The lowest BCUT2D eigenvalue weighted by molar-refractivity contribution is 0.398. The summed E-state index contributed by atoms with van der Waals surface area (Å²) in [5.41, 5.74) is 0.856. The highest BCUT2D eigenvalue weighted by molar-refractivity contribution is 5.44. The van der Waals surface area contributed by atoms with E-state index in [1.807, 2.05) is 25.1 Å². The lowest BCUT2D eigenvalue weighted by Crippen LogP contribution is -1.96. The highest BCUT2D eigenvalue weighted by Gasteiger charge is 2.11. The Bertz CT molecular complexity index is 355. The van der Waals surface area contributed by atoms with E-state index < -0.39 is 0 Å². The van der Waals surface area contributed by atoms with E-state index in [2.05, 4.69) is 6.07 Å². The lowest BCUT2D eigenvalue weighted by atomic mass is 10.0. The Morgan fingerprint density at radius 3 is 2.50 bits per heavy atom. The number of methoxy groups -OCH3 is 2. The van der Waals surface area contributed by atoms with E-state index in [0.29, 0.717) is 0 Å². The molecule has 0 amide bonds. The van der Waals surface area contributed by atoms with Crippen LogP contribution in [-0.2, 0) is 0 Å². The minimum atomic E-state index is -0.194. The van der Waals surface area contributed by atoms with Crippen molar-refractivity contribution in [2.24, 2.45) is 0 Å². The molecule has 0 aromatic heterocycles. The van der Waals surface area contributed by atoms with E-state index in [1.165, 1.54) is 0 Å². The lowest BCUT2D eigenvalue weighted by Gasteiger charge is -2.11. The summed E-state index contributed by atoms with van der Waals surface area (Å²) < 4.78 is 10.2. The summed E-state index contributed by atoms with van der Waals surface area (Å²) in [5.74, 6) is 1.27. The molecule has 1 atom stereocenters. The van der Waals surface area contributed by atoms with Gasteiger partial charge in [0.1, 0.15) is 11.5 Å². The zero-order valence-electron chi connectivity index (χ0n) is 8.57. The van der Waals surface area contributed by atoms with Crippen LogP contribution < -0.4 is 9.47 Å². The molecular weight excluding hydrogens is 178 g/mol. The first-order valence-corrected chi connectivity index (χ1v) is 4.34. The molecule has 0 bridgehead atoms. The summed E-state index contributed by atoms with van der Waals surface area (Å²) in [4.78, 5) is 0. The van der Waals surface area contributed by atoms with Crippen LogP contribution in [0.2, 0.25) is 0 Å². The second kappa shape index (κ2) is 4.52. The fourth-order valence-corrected chi connectivity index (χ4v) is 1.25. The first-order chi connectivity index (χ1) is 6.72. The third kappa shape index (κ3) is 1.97. The fraction of sp³-hybridized carbons (Fsp3) is 0.364. The number of ether oxygens (including phenoxy) is 2. The number of hydrogen-bond donors (Lipinski definition) is 0. The van der Waals surface area contributed by atoms with Crippen LogP contribution in [0.15, 0.2) is 18.2 Å². The van der Waals surface area contributed by atoms with Gasteiger partial charge in [0.05, 0.1) is 26.2 Å². The highest BCUT2D eigenvalue weighted by Crippen LogP contribution is 2.29. The van der Waals surface area contributed by atoms with Gasteiger partial charge in [0, 0.05) is 5.56 Å². The highest BCUT2D eigenvalue weighted by atomic mass is 16.5. The maximum absolute atomic E-state index is 8.83. The van der Waals surface area contributed by atoms with Crippen LogP contribution in [-0.4, -0.2) is 14.2 Å².